The second-order valence-corrected chi connectivity index (χ2v) is 9.56. The van der Waals surface area contributed by atoms with Gasteiger partial charge in [0.15, 0.2) is 0 Å². The van der Waals surface area contributed by atoms with Gasteiger partial charge in [-0.25, -0.2) is 4.79 Å². The summed E-state index contributed by atoms with van der Waals surface area (Å²) in [5, 5.41) is 0. The molecule has 0 saturated carbocycles. The molecule has 4 heteroatoms. The van der Waals surface area contributed by atoms with E-state index in [0.717, 1.165) is 18.5 Å². The van der Waals surface area contributed by atoms with E-state index in [-0.39, 0.29) is 23.0 Å². The second kappa shape index (κ2) is 25.9. The maximum atomic E-state index is 10.2. The molecule has 0 spiro atoms. The molecule has 0 radical (unpaired) electrons. The van der Waals surface area contributed by atoms with E-state index in [9.17, 15) is 4.79 Å². The molecule has 0 aliphatic rings. The van der Waals surface area contributed by atoms with E-state index in [2.05, 4.69) is 46.2 Å². The Bertz CT molecular complexity index is 383. The minimum absolute atomic E-state index is 0. The Hall–Kier alpha value is -0.350. The van der Waals surface area contributed by atoms with Crippen LogP contribution in [-0.4, -0.2) is 43.7 Å². The first-order valence-electron chi connectivity index (χ1n) is 12.9. The van der Waals surface area contributed by atoms with E-state index >= 15 is 0 Å². The van der Waals surface area contributed by atoms with Gasteiger partial charge in [-0.3, -0.25) is 0 Å². The Kier molecular flexibility index (Phi) is 29.5. The maximum absolute atomic E-state index is 10.2. The fourth-order valence-electron chi connectivity index (χ4n) is 3.23. The number of quaternary nitrogens is 1. The molecule has 0 fully saturated rings. The van der Waals surface area contributed by atoms with Crippen molar-refractivity contribution in [2.24, 2.45) is 0 Å². The summed E-state index contributed by atoms with van der Waals surface area (Å²) in [7, 11) is 4.74. The van der Waals surface area contributed by atoms with Crippen LogP contribution in [0.1, 0.15) is 124 Å². The van der Waals surface area contributed by atoms with Crippen molar-refractivity contribution in [2.75, 3.05) is 27.2 Å². The summed E-state index contributed by atoms with van der Waals surface area (Å²) in [5.41, 5.74) is 0. The van der Waals surface area contributed by atoms with Gasteiger partial charge >= 0.3 is 5.97 Å². The van der Waals surface area contributed by atoms with Gasteiger partial charge in [0.2, 0.25) is 0 Å². The number of nitrogens with zero attached hydrogens (tertiary/aromatic N) is 1. The highest BCUT2D eigenvalue weighted by atomic mass is 79.9. The number of rotatable bonds is 19. The molecule has 0 bridgehead atoms. The van der Waals surface area contributed by atoms with Crippen molar-refractivity contribution >= 4 is 5.97 Å². The Morgan fingerprint density at radius 3 is 1.48 bits per heavy atom. The highest BCUT2D eigenvalue weighted by Crippen LogP contribution is 2.14. The first-order chi connectivity index (χ1) is 14.3. The number of esters is 1. The topological polar surface area (TPSA) is 26.3 Å². The summed E-state index contributed by atoms with van der Waals surface area (Å²) in [5.74, 6) is -0.341. The molecular formula is C27H56BrNO2. The molecule has 0 N–H and O–H groups in total. The third-order valence-corrected chi connectivity index (χ3v) is 6.10. The lowest BCUT2D eigenvalue weighted by molar-refractivity contribution is -0.911. The second-order valence-electron chi connectivity index (χ2n) is 9.56. The van der Waals surface area contributed by atoms with Crippen LogP contribution >= 0.6 is 0 Å². The van der Waals surface area contributed by atoms with Crippen LogP contribution < -0.4 is 17.0 Å². The average Bonchev–Trinajstić information content (AvgIpc) is 2.72. The van der Waals surface area contributed by atoms with Crippen molar-refractivity contribution in [3.05, 3.63) is 12.7 Å². The van der Waals surface area contributed by atoms with Crippen molar-refractivity contribution < 1.29 is 31.0 Å². The fraction of sp³-hybridized carbons (Fsp3) is 0.889. The molecule has 0 aliphatic heterocycles. The quantitative estimate of drug-likeness (QED) is 0.106. The van der Waals surface area contributed by atoms with Crippen LogP contribution in [0.3, 0.4) is 0 Å². The summed E-state index contributed by atoms with van der Waals surface area (Å²) in [4.78, 5) is 10.2. The number of unbranched alkanes of at least 4 members (excludes halogenated alkanes) is 13. The summed E-state index contributed by atoms with van der Waals surface area (Å²) in [6.45, 7) is 14.0. The molecule has 31 heavy (non-hydrogen) atoms. The molecule has 0 rings (SSSR count). The highest BCUT2D eigenvalue weighted by molar-refractivity contribution is 5.81. The van der Waals surface area contributed by atoms with Crippen LogP contribution in [0.5, 0.6) is 0 Å². The van der Waals surface area contributed by atoms with Crippen molar-refractivity contribution in [1.29, 1.82) is 0 Å². The van der Waals surface area contributed by atoms with Crippen LogP contribution in [-0.2, 0) is 9.53 Å². The lowest BCUT2D eigenvalue weighted by Gasteiger charge is -2.34. The zero-order chi connectivity index (χ0) is 23.1. The Morgan fingerprint density at radius 1 is 0.774 bits per heavy atom. The van der Waals surface area contributed by atoms with Crippen LogP contribution in [0.2, 0.25) is 0 Å². The highest BCUT2D eigenvalue weighted by Gasteiger charge is 2.18. The number of hydrogen-bond acceptors (Lipinski definition) is 2. The SMILES string of the molecule is C=CC(=O)OCCC.CCCCCCCCCCCCCCCC[N+](C)(C)C(C)C.[Br-]. The molecule has 0 aromatic heterocycles. The average molecular weight is 507 g/mol. The predicted octanol–water partition coefficient (Wildman–Crippen LogP) is 5.08. The van der Waals surface area contributed by atoms with Crippen molar-refractivity contribution in [2.45, 2.75) is 130 Å². The van der Waals surface area contributed by atoms with E-state index < -0.39 is 0 Å². The number of carbonyl (C=O) groups excluding carboxylic acids is 1. The zero-order valence-electron chi connectivity index (χ0n) is 22.0. The van der Waals surface area contributed by atoms with Gasteiger partial charge in [-0.2, -0.15) is 0 Å². The van der Waals surface area contributed by atoms with Crippen molar-refractivity contribution in [3.8, 4) is 0 Å². The summed E-state index contributed by atoms with van der Waals surface area (Å²) in [6.07, 6.45) is 22.4. The molecule has 0 saturated heterocycles. The standard InChI is InChI=1S/C21H46N.C6H10O2.BrH/c1-6-7-8-9-10-11-12-13-14-15-16-17-18-19-20-22(4,5)21(2)3;1-3-5-8-6(7)4-2;/h21H,6-20H2,1-5H3;4H,2-3,5H2,1H3;1H/q+1;;/p-1. The lowest BCUT2D eigenvalue weighted by atomic mass is 10.0. The summed E-state index contributed by atoms with van der Waals surface area (Å²) < 4.78 is 5.76. The van der Waals surface area contributed by atoms with E-state index in [1.165, 1.54) is 101 Å². The molecule has 188 valence electrons. The Balaban J connectivity index is -0.000000739. The number of hydrogen-bond donors (Lipinski definition) is 0. The smallest absolute Gasteiger partial charge is 0.330 e. The third-order valence-electron chi connectivity index (χ3n) is 6.10. The molecule has 0 aliphatic carbocycles. The van der Waals surface area contributed by atoms with Crippen LogP contribution in [0.25, 0.3) is 0 Å². The van der Waals surface area contributed by atoms with Crippen LogP contribution in [0.15, 0.2) is 12.7 Å². The largest absolute Gasteiger partial charge is 1.00 e. The summed E-state index contributed by atoms with van der Waals surface area (Å²) in [6, 6.07) is 0.752. The van der Waals surface area contributed by atoms with E-state index in [1.54, 1.807) is 0 Å². The maximum Gasteiger partial charge on any atom is 0.330 e. The van der Waals surface area contributed by atoms with Gasteiger partial charge in [0.25, 0.3) is 0 Å². The Morgan fingerprint density at radius 2 is 1.16 bits per heavy atom. The summed E-state index contributed by atoms with van der Waals surface area (Å²) >= 11 is 0. The molecule has 0 aromatic rings. The molecule has 0 amide bonds. The monoisotopic (exact) mass is 505 g/mol. The van der Waals surface area contributed by atoms with Gasteiger partial charge in [-0.05, 0) is 33.1 Å². The molecular weight excluding hydrogens is 450 g/mol. The normalized spacial score (nSPS) is 10.8. The Labute approximate surface area is 206 Å². The van der Waals surface area contributed by atoms with Crippen LogP contribution in [0.4, 0.5) is 0 Å². The minimum atomic E-state index is -0.341. The number of carbonyl (C=O) groups is 1. The lowest BCUT2D eigenvalue weighted by Crippen LogP contribution is -3.00. The molecule has 3 nitrogen and oxygen atoms in total. The van der Waals surface area contributed by atoms with E-state index in [0.29, 0.717) is 6.61 Å². The molecule has 0 aromatic carbocycles. The first-order valence-corrected chi connectivity index (χ1v) is 12.9. The van der Waals surface area contributed by atoms with Gasteiger partial charge in [-0.15, -0.1) is 0 Å². The van der Waals surface area contributed by atoms with Crippen molar-refractivity contribution in [3.63, 3.8) is 0 Å². The number of ether oxygens (including phenoxy) is 1. The molecule has 0 unspecified atom stereocenters. The van der Waals surface area contributed by atoms with Gasteiger partial charge in [0.05, 0.1) is 33.3 Å². The predicted molar refractivity (Wildman–Crippen MR) is 134 cm³/mol. The van der Waals surface area contributed by atoms with Gasteiger partial charge in [-0.1, -0.05) is 97.5 Å². The van der Waals surface area contributed by atoms with Crippen molar-refractivity contribution in [1.82, 2.24) is 0 Å². The molecule has 0 atom stereocenters. The first kappa shape index (κ1) is 35.2. The van der Waals surface area contributed by atoms with Gasteiger partial charge in [0, 0.05) is 6.08 Å². The molecule has 0 heterocycles. The van der Waals surface area contributed by atoms with Gasteiger partial charge < -0.3 is 26.2 Å². The van der Waals surface area contributed by atoms with Gasteiger partial charge in [0.1, 0.15) is 0 Å². The fourth-order valence-corrected chi connectivity index (χ4v) is 3.23. The number of halogens is 1. The minimum Gasteiger partial charge on any atom is -1.00 e. The zero-order valence-corrected chi connectivity index (χ0v) is 23.6. The van der Waals surface area contributed by atoms with Crippen LogP contribution in [0, 0.1) is 0 Å². The van der Waals surface area contributed by atoms with E-state index in [4.69, 9.17) is 0 Å². The van der Waals surface area contributed by atoms with E-state index in [1.807, 2.05) is 6.92 Å². The third kappa shape index (κ3) is 27.6.